The second kappa shape index (κ2) is 9.96. The zero-order valence-corrected chi connectivity index (χ0v) is 18.4. The lowest BCUT2D eigenvalue weighted by molar-refractivity contribution is -0.140. The summed E-state index contributed by atoms with van der Waals surface area (Å²) in [6.07, 6.45) is -5.35. The highest BCUT2D eigenvalue weighted by molar-refractivity contribution is 6.01. The molecule has 0 atom stereocenters. The van der Waals surface area contributed by atoms with Crippen LogP contribution in [0.3, 0.4) is 0 Å². The van der Waals surface area contributed by atoms with Crippen molar-refractivity contribution < 1.29 is 37.1 Å². The number of rotatable bonds is 7. The molecule has 3 rings (SSSR count). The van der Waals surface area contributed by atoms with Crippen LogP contribution in [0.4, 0.5) is 17.6 Å². The average Bonchev–Trinajstić information content (AvgIpc) is 2.77. The highest BCUT2D eigenvalue weighted by Gasteiger charge is 2.34. The van der Waals surface area contributed by atoms with Gasteiger partial charge in [-0.2, -0.15) is 13.2 Å². The molecule has 0 aliphatic heterocycles. The Labute approximate surface area is 197 Å². The van der Waals surface area contributed by atoms with Crippen LogP contribution in [0.5, 0.6) is 0 Å². The lowest BCUT2D eigenvalue weighted by Crippen LogP contribution is -2.27. The molecular weight excluding hydrogens is 468 g/mol. The maximum atomic E-state index is 13.9. The molecule has 2 amide bonds. The summed E-state index contributed by atoms with van der Waals surface area (Å²) in [7, 11) is 1.36. The molecule has 0 aromatic heterocycles. The maximum absolute atomic E-state index is 13.9. The number of aliphatic carboxylic acids is 1. The van der Waals surface area contributed by atoms with Crippen molar-refractivity contribution in [3.8, 4) is 11.1 Å². The number of carboxylic acid groups (broad SMARTS) is 1. The Bertz CT molecular complexity index is 1300. The first kappa shape index (κ1) is 25.4. The molecule has 3 aromatic carbocycles. The van der Waals surface area contributed by atoms with E-state index in [9.17, 15) is 37.1 Å². The van der Waals surface area contributed by atoms with E-state index in [0.717, 1.165) is 11.0 Å². The molecule has 6 nitrogen and oxygen atoms in total. The number of carbonyl (C=O) groups is 3. The lowest BCUT2D eigenvalue weighted by Gasteiger charge is -2.20. The minimum Gasteiger partial charge on any atom is -0.481 e. The Morgan fingerprint density at radius 2 is 1.66 bits per heavy atom. The van der Waals surface area contributed by atoms with E-state index in [-0.39, 0.29) is 28.8 Å². The van der Waals surface area contributed by atoms with Gasteiger partial charge in [-0.3, -0.25) is 14.4 Å². The third-order valence-corrected chi connectivity index (χ3v) is 5.29. The van der Waals surface area contributed by atoms with Gasteiger partial charge in [-0.1, -0.05) is 30.3 Å². The zero-order chi connectivity index (χ0) is 25.9. The summed E-state index contributed by atoms with van der Waals surface area (Å²) in [5.74, 6) is -3.95. The SMILES string of the molecule is CN(Cc1ccc(C(F)(F)F)c(F)c1)C(=O)c1ccc(-c2ccccc2C(N)=O)cc1CC(=O)O. The predicted octanol–water partition coefficient (Wildman–Crippen LogP) is 4.51. The monoisotopic (exact) mass is 488 g/mol. The van der Waals surface area contributed by atoms with Crippen molar-refractivity contribution in [2.24, 2.45) is 5.73 Å². The maximum Gasteiger partial charge on any atom is 0.419 e. The van der Waals surface area contributed by atoms with Gasteiger partial charge in [0.15, 0.2) is 0 Å². The van der Waals surface area contributed by atoms with Crippen LogP contribution in [-0.2, 0) is 23.9 Å². The van der Waals surface area contributed by atoms with Crippen LogP contribution < -0.4 is 5.73 Å². The number of benzene rings is 3. The molecule has 0 unspecified atom stereocenters. The van der Waals surface area contributed by atoms with Crippen molar-refractivity contribution in [1.82, 2.24) is 4.90 Å². The number of halogens is 4. The number of alkyl halides is 3. The Morgan fingerprint density at radius 3 is 2.26 bits per heavy atom. The third kappa shape index (κ3) is 5.84. The smallest absolute Gasteiger partial charge is 0.419 e. The van der Waals surface area contributed by atoms with Crippen LogP contribution in [-0.4, -0.2) is 34.8 Å². The van der Waals surface area contributed by atoms with Crippen molar-refractivity contribution in [2.75, 3.05) is 7.05 Å². The molecule has 0 heterocycles. The molecule has 0 aliphatic carbocycles. The van der Waals surface area contributed by atoms with Gasteiger partial charge in [0.1, 0.15) is 5.82 Å². The number of nitrogens with zero attached hydrogens (tertiary/aromatic N) is 1. The van der Waals surface area contributed by atoms with Gasteiger partial charge in [-0.15, -0.1) is 0 Å². The second-order valence-electron chi connectivity index (χ2n) is 7.83. The summed E-state index contributed by atoms with van der Waals surface area (Å²) in [4.78, 5) is 37.4. The Hall–Kier alpha value is -4.21. The van der Waals surface area contributed by atoms with E-state index in [0.29, 0.717) is 23.3 Å². The van der Waals surface area contributed by atoms with Crippen LogP contribution in [0.2, 0.25) is 0 Å². The Morgan fingerprint density at radius 1 is 0.971 bits per heavy atom. The van der Waals surface area contributed by atoms with Crippen LogP contribution in [0.15, 0.2) is 60.7 Å². The fourth-order valence-electron chi connectivity index (χ4n) is 3.67. The Balaban J connectivity index is 1.93. The van der Waals surface area contributed by atoms with E-state index in [1.54, 1.807) is 18.2 Å². The molecule has 0 spiro atoms. The zero-order valence-electron chi connectivity index (χ0n) is 18.4. The summed E-state index contributed by atoms with van der Waals surface area (Å²) < 4.78 is 52.3. The van der Waals surface area contributed by atoms with Crippen LogP contribution in [0.1, 0.15) is 37.4 Å². The summed E-state index contributed by atoms with van der Waals surface area (Å²) in [5.41, 5.74) is 5.48. The van der Waals surface area contributed by atoms with Gasteiger partial charge in [-0.05, 0) is 52.6 Å². The lowest BCUT2D eigenvalue weighted by atomic mass is 9.94. The topological polar surface area (TPSA) is 101 Å². The number of carbonyl (C=O) groups excluding carboxylic acids is 2. The summed E-state index contributed by atoms with van der Waals surface area (Å²) >= 11 is 0. The van der Waals surface area contributed by atoms with Crippen molar-refractivity contribution in [3.05, 3.63) is 94.3 Å². The molecule has 3 N–H and O–H groups in total. The third-order valence-electron chi connectivity index (χ3n) is 5.29. The first-order chi connectivity index (χ1) is 16.4. The van der Waals surface area contributed by atoms with Crippen LogP contribution in [0.25, 0.3) is 11.1 Å². The molecule has 0 radical (unpaired) electrons. The highest BCUT2D eigenvalue weighted by atomic mass is 19.4. The van der Waals surface area contributed by atoms with Crippen molar-refractivity contribution in [3.63, 3.8) is 0 Å². The number of nitrogens with two attached hydrogens (primary N) is 1. The molecule has 0 fully saturated rings. The Kier molecular flexibility index (Phi) is 7.23. The van der Waals surface area contributed by atoms with E-state index in [2.05, 4.69) is 0 Å². The number of primary amides is 1. The molecular formula is C25H20F4N2O4. The standard InChI is InChI=1S/C25H20F4N2O4/c1-31(13-14-6-9-20(21(26)10-14)25(27,28)29)24(35)18-8-7-15(11-16(18)12-22(32)33)17-4-2-3-5-19(17)23(30)34/h2-11H,12-13H2,1H3,(H2,30,34)(H,32,33). The molecule has 182 valence electrons. The molecule has 0 saturated heterocycles. The summed E-state index contributed by atoms with van der Waals surface area (Å²) in [6, 6.07) is 13.2. The molecule has 0 aliphatic rings. The summed E-state index contributed by atoms with van der Waals surface area (Å²) in [6.45, 7) is -0.216. The van der Waals surface area contributed by atoms with E-state index >= 15 is 0 Å². The van der Waals surface area contributed by atoms with Gasteiger partial charge in [0.05, 0.1) is 12.0 Å². The number of hydrogen-bond donors (Lipinski definition) is 2. The minimum absolute atomic E-state index is 0.0441. The number of amides is 2. The first-order valence-electron chi connectivity index (χ1n) is 10.2. The van der Waals surface area contributed by atoms with Crippen molar-refractivity contribution in [1.29, 1.82) is 0 Å². The molecule has 0 saturated carbocycles. The first-order valence-corrected chi connectivity index (χ1v) is 10.2. The van der Waals surface area contributed by atoms with Gasteiger partial charge in [0.2, 0.25) is 5.91 Å². The van der Waals surface area contributed by atoms with Gasteiger partial charge in [0.25, 0.3) is 5.91 Å². The van der Waals surface area contributed by atoms with Crippen LogP contribution >= 0.6 is 0 Å². The van der Waals surface area contributed by atoms with Crippen molar-refractivity contribution >= 4 is 17.8 Å². The summed E-state index contributed by atoms with van der Waals surface area (Å²) in [5, 5.41) is 9.34. The van der Waals surface area contributed by atoms with Crippen LogP contribution in [0, 0.1) is 5.82 Å². The average molecular weight is 488 g/mol. The van der Waals surface area contributed by atoms with Gasteiger partial charge in [0, 0.05) is 24.7 Å². The molecule has 10 heteroatoms. The van der Waals surface area contributed by atoms with E-state index in [1.165, 1.54) is 31.3 Å². The minimum atomic E-state index is -4.84. The molecule has 3 aromatic rings. The fraction of sp³-hybridized carbons (Fsp3) is 0.160. The van der Waals surface area contributed by atoms with Gasteiger partial charge >= 0.3 is 12.1 Å². The van der Waals surface area contributed by atoms with E-state index in [1.807, 2.05) is 0 Å². The highest BCUT2D eigenvalue weighted by Crippen LogP contribution is 2.32. The largest absolute Gasteiger partial charge is 0.481 e. The second-order valence-corrected chi connectivity index (χ2v) is 7.83. The normalized spacial score (nSPS) is 11.2. The van der Waals surface area contributed by atoms with Gasteiger partial charge in [-0.25, -0.2) is 4.39 Å². The number of hydrogen-bond acceptors (Lipinski definition) is 3. The number of carboxylic acids is 1. The molecule has 35 heavy (non-hydrogen) atoms. The van der Waals surface area contributed by atoms with E-state index < -0.39 is 41.8 Å². The molecule has 0 bridgehead atoms. The van der Waals surface area contributed by atoms with E-state index in [4.69, 9.17) is 5.73 Å². The van der Waals surface area contributed by atoms with Crippen molar-refractivity contribution in [2.45, 2.75) is 19.1 Å². The van der Waals surface area contributed by atoms with Gasteiger partial charge < -0.3 is 15.7 Å². The predicted molar refractivity (Wildman–Crippen MR) is 119 cm³/mol. The quantitative estimate of drug-likeness (QED) is 0.478. The fourth-order valence-corrected chi connectivity index (χ4v) is 3.67.